The van der Waals surface area contributed by atoms with Crippen LogP contribution in [0.5, 0.6) is 0 Å². The third kappa shape index (κ3) is 3.50. The van der Waals surface area contributed by atoms with Crippen molar-refractivity contribution in [2.45, 2.75) is 17.7 Å². The molecular formula is C13H13FN2O4S2. The summed E-state index contributed by atoms with van der Waals surface area (Å²) in [5, 5.41) is 2.53. The van der Waals surface area contributed by atoms with E-state index in [1.165, 1.54) is 18.2 Å². The van der Waals surface area contributed by atoms with Crippen molar-refractivity contribution in [3.63, 3.8) is 0 Å². The fourth-order valence-electron chi connectivity index (χ4n) is 1.81. The highest BCUT2D eigenvalue weighted by atomic mass is 32.3. The Labute approximate surface area is 130 Å². The van der Waals surface area contributed by atoms with E-state index in [4.69, 9.17) is 10.3 Å². The Balaban J connectivity index is 2.28. The van der Waals surface area contributed by atoms with E-state index in [0.29, 0.717) is 10.6 Å². The summed E-state index contributed by atoms with van der Waals surface area (Å²) < 4.78 is 44.2. The van der Waals surface area contributed by atoms with Crippen molar-refractivity contribution in [1.82, 2.24) is 0 Å². The van der Waals surface area contributed by atoms with E-state index < -0.39 is 21.8 Å². The van der Waals surface area contributed by atoms with Crippen LogP contribution < -0.4 is 11.1 Å². The molecule has 0 spiro atoms. The number of thiophene rings is 1. The molecule has 0 aliphatic carbocycles. The summed E-state index contributed by atoms with van der Waals surface area (Å²) in [7, 11) is -4.35. The number of hydrogen-bond donors (Lipinski definition) is 3. The molecule has 1 aromatic heterocycles. The highest BCUT2D eigenvalue weighted by molar-refractivity contribution is 7.88. The minimum absolute atomic E-state index is 0.0140. The molecule has 0 unspecified atom stereocenters. The number of nitrogens with one attached hydrogen (secondary N) is 1. The fourth-order valence-corrected chi connectivity index (χ4v) is 3.62. The summed E-state index contributed by atoms with van der Waals surface area (Å²) in [6, 6.07) is 5.05. The Bertz CT molecular complexity index is 831. The van der Waals surface area contributed by atoms with Crippen LogP contribution in [-0.2, 0) is 16.7 Å². The van der Waals surface area contributed by atoms with Gasteiger partial charge in [0, 0.05) is 22.7 Å². The van der Waals surface area contributed by atoms with Crippen molar-refractivity contribution in [2.24, 2.45) is 5.73 Å². The Morgan fingerprint density at radius 2 is 2.09 bits per heavy atom. The molecule has 1 heterocycles. The number of aryl methyl sites for hydroxylation is 1. The van der Waals surface area contributed by atoms with E-state index in [2.05, 4.69) is 5.32 Å². The molecule has 0 atom stereocenters. The zero-order valence-electron chi connectivity index (χ0n) is 11.5. The molecule has 0 aliphatic rings. The number of nitrogens with two attached hydrogens (primary N) is 1. The normalized spacial score (nSPS) is 11.5. The zero-order valence-corrected chi connectivity index (χ0v) is 13.1. The summed E-state index contributed by atoms with van der Waals surface area (Å²) in [5.74, 6) is -1.03. The topological polar surface area (TPSA) is 109 Å². The molecule has 4 N–H and O–H groups in total. The van der Waals surface area contributed by atoms with E-state index >= 15 is 0 Å². The molecule has 1 aromatic carbocycles. The van der Waals surface area contributed by atoms with Gasteiger partial charge in [-0.15, -0.1) is 11.3 Å². The monoisotopic (exact) mass is 344 g/mol. The molecule has 118 valence electrons. The first kappa shape index (κ1) is 16.6. The van der Waals surface area contributed by atoms with Crippen molar-refractivity contribution in [3.8, 4) is 0 Å². The van der Waals surface area contributed by atoms with Gasteiger partial charge in [0.15, 0.2) is 0 Å². The van der Waals surface area contributed by atoms with Crippen molar-refractivity contribution < 1.29 is 22.2 Å². The summed E-state index contributed by atoms with van der Waals surface area (Å²) in [5.41, 5.74) is 6.10. The summed E-state index contributed by atoms with van der Waals surface area (Å²) in [4.78, 5) is 12.6. The van der Waals surface area contributed by atoms with E-state index in [1.807, 2.05) is 0 Å². The fraction of sp³-hybridized carbons (Fsp3) is 0.154. The molecule has 6 nitrogen and oxygen atoms in total. The highest BCUT2D eigenvalue weighted by Crippen LogP contribution is 2.26. The Morgan fingerprint density at radius 3 is 2.64 bits per heavy atom. The number of amides is 1. The second-order valence-electron chi connectivity index (χ2n) is 4.47. The van der Waals surface area contributed by atoms with Gasteiger partial charge in [0.25, 0.3) is 5.91 Å². The largest absolute Gasteiger partial charge is 0.326 e. The third-order valence-electron chi connectivity index (χ3n) is 2.92. The predicted molar refractivity (Wildman–Crippen MR) is 81.1 cm³/mol. The molecule has 0 aliphatic heterocycles. The SMILES string of the molecule is Cc1sc(S(=O)(=O)O)cc1C(=O)Nc1ccc(F)c(CN)c1. The van der Waals surface area contributed by atoms with Gasteiger partial charge in [-0.2, -0.15) is 8.42 Å². The second kappa shape index (κ2) is 6.13. The maximum atomic E-state index is 13.3. The van der Waals surface area contributed by atoms with Crippen molar-refractivity contribution in [2.75, 3.05) is 5.32 Å². The molecule has 0 saturated heterocycles. The first-order chi connectivity index (χ1) is 10.2. The van der Waals surface area contributed by atoms with E-state index in [9.17, 15) is 17.6 Å². The van der Waals surface area contributed by atoms with E-state index in [-0.39, 0.29) is 21.9 Å². The first-order valence-electron chi connectivity index (χ1n) is 6.10. The van der Waals surface area contributed by atoms with Crippen LogP contribution in [0.15, 0.2) is 28.5 Å². The average Bonchev–Trinajstić information content (AvgIpc) is 2.83. The Hall–Kier alpha value is -1.81. The smallest absolute Gasteiger partial charge is 0.304 e. The van der Waals surface area contributed by atoms with Gasteiger partial charge in [0.05, 0.1) is 5.56 Å². The molecular weight excluding hydrogens is 331 g/mol. The maximum absolute atomic E-state index is 13.3. The number of hydrogen-bond acceptors (Lipinski definition) is 5. The van der Waals surface area contributed by atoms with Crippen LogP contribution in [0.25, 0.3) is 0 Å². The second-order valence-corrected chi connectivity index (χ2v) is 7.38. The predicted octanol–water partition coefficient (Wildman–Crippen LogP) is 2.15. The van der Waals surface area contributed by atoms with Crippen LogP contribution in [-0.4, -0.2) is 18.9 Å². The van der Waals surface area contributed by atoms with Crippen molar-refractivity contribution in [3.05, 3.63) is 46.1 Å². The maximum Gasteiger partial charge on any atom is 0.304 e. The average molecular weight is 344 g/mol. The van der Waals surface area contributed by atoms with Gasteiger partial charge in [-0.25, -0.2) is 4.39 Å². The molecule has 2 aromatic rings. The highest BCUT2D eigenvalue weighted by Gasteiger charge is 2.20. The van der Waals surface area contributed by atoms with E-state index in [1.54, 1.807) is 6.92 Å². The van der Waals surface area contributed by atoms with Gasteiger partial charge in [-0.3, -0.25) is 9.35 Å². The first-order valence-corrected chi connectivity index (χ1v) is 8.36. The van der Waals surface area contributed by atoms with Crippen LogP contribution >= 0.6 is 11.3 Å². The summed E-state index contributed by atoms with van der Waals surface area (Å²) in [6.07, 6.45) is 0. The van der Waals surface area contributed by atoms with Gasteiger partial charge in [0.1, 0.15) is 10.0 Å². The number of carbonyl (C=O) groups is 1. The zero-order chi connectivity index (χ0) is 16.5. The lowest BCUT2D eigenvalue weighted by atomic mass is 10.1. The van der Waals surface area contributed by atoms with Crippen molar-refractivity contribution in [1.29, 1.82) is 0 Å². The summed E-state index contributed by atoms with van der Waals surface area (Å²) in [6.45, 7) is 1.55. The van der Waals surface area contributed by atoms with Crippen LogP contribution in [0.3, 0.4) is 0 Å². The van der Waals surface area contributed by atoms with Gasteiger partial charge in [0.2, 0.25) is 0 Å². The number of rotatable bonds is 4. The van der Waals surface area contributed by atoms with Crippen LogP contribution in [0.2, 0.25) is 0 Å². The molecule has 22 heavy (non-hydrogen) atoms. The quantitative estimate of drug-likeness (QED) is 0.736. The molecule has 0 radical (unpaired) electrons. The molecule has 2 rings (SSSR count). The van der Waals surface area contributed by atoms with E-state index in [0.717, 1.165) is 17.4 Å². The molecule has 9 heteroatoms. The van der Waals surface area contributed by atoms with Gasteiger partial charge >= 0.3 is 10.1 Å². The van der Waals surface area contributed by atoms with Crippen LogP contribution in [0.1, 0.15) is 20.8 Å². The third-order valence-corrected chi connectivity index (χ3v) is 5.27. The Kier molecular flexibility index (Phi) is 4.61. The lowest BCUT2D eigenvalue weighted by Gasteiger charge is -2.07. The van der Waals surface area contributed by atoms with Gasteiger partial charge in [-0.05, 0) is 31.2 Å². The molecule has 0 bridgehead atoms. The van der Waals surface area contributed by atoms with Crippen LogP contribution in [0.4, 0.5) is 10.1 Å². The lowest BCUT2D eigenvalue weighted by Crippen LogP contribution is -2.13. The summed E-state index contributed by atoms with van der Waals surface area (Å²) >= 11 is 0.791. The van der Waals surface area contributed by atoms with Gasteiger partial charge < -0.3 is 11.1 Å². The lowest BCUT2D eigenvalue weighted by molar-refractivity contribution is 0.102. The Morgan fingerprint density at radius 1 is 1.41 bits per heavy atom. The van der Waals surface area contributed by atoms with Gasteiger partial charge in [-0.1, -0.05) is 0 Å². The number of carbonyl (C=O) groups excluding carboxylic acids is 1. The standard InChI is InChI=1S/C13H13FN2O4S2/c1-7-10(5-12(21-7)22(18,19)20)13(17)16-9-2-3-11(14)8(4-9)6-15/h2-5H,6,15H2,1H3,(H,16,17)(H,18,19,20). The molecule has 0 fully saturated rings. The van der Waals surface area contributed by atoms with Crippen molar-refractivity contribution >= 4 is 33.0 Å². The number of anilines is 1. The van der Waals surface area contributed by atoms with Crippen LogP contribution in [0, 0.1) is 12.7 Å². The molecule has 1 amide bonds. The number of benzene rings is 1. The minimum Gasteiger partial charge on any atom is -0.326 e. The number of halogens is 1. The minimum atomic E-state index is -4.35. The molecule has 0 saturated carbocycles.